The average molecular weight is 256 g/mol. The van der Waals surface area contributed by atoms with Crippen molar-refractivity contribution < 1.29 is 0 Å². The lowest BCUT2D eigenvalue weighted by Gasteiger charge is -2.12. The molecule has 2 saturated heterocycles. The van der Waals surface area contributed by atoms with Crippen molar-refractivity contribution in [3.63, 3.8) is 0 Å². The van der Waals surface area contributed by atoms with E-state index in [-0.39, 0.29) is 0 Å². The van der Waals surface area contributed by atoms with Crippen LogP contribution in [-0.2, 0) is 0 Å². The van der Waals surface area contributed by atoms with Gasteiger partial charge in [-0.2, -0.15) is 0 Å². The van der Waals surface area contributed by atoms with E-state index in [0.717, 1.165) is 23.8 Å². The smallest absolute Gasteiger partial charge is 0.00905 e. The van der Waals surface area contributed by atoms with Crippen LogP contribution in [0.3, 0.4) is 0 Å². The van der Waals surface area contributed by atoms with Crippen molar-refractivity contribution >= 4 is 0 Å². The van der Waals surface area contributed by atoms with E-state index in [0.29, 0.717) is 0 Å². The molecule has 2 heterocycles. The number of hydrogen-bond donors (Lipinski definition) is 2. The summed E-state index contributed by atoms with van der Waals surface area (Å²) in [4.78, 5) is 0. The summed E-state index contributed by atoms with van der Waals surface area (Å²) in [6.45, 7) is 16.9. The third kappa shape index (κ3) is 7.38. The summed E-state index contributed by atoms with van der Waals surface area (Å²) in [5.41, 5.74) is 0. The largest absolute Gasteiger partial charge is 0.316 e. The van der Waals surface area contributed by atoms with Crippen LogP contribution in [0.15, 0.2) is 0 Å². The fourth-order valence-electron chi connectivity index (χ4n) is 2.53. The molecule has 2 unspecified atom stereocenters. The lowest BCUT2D eigenvalue weighted by molar-refractivity contribution is 0.419. The molecular weight excluding hydrogens is 220 g/mol. The number of nitrogens with one attached hydrogen (secondary N) is 2. The molecule has 0 bridgehead atoms. The minimum atomic E-state index is 0.815. The molecule has 2 N–H and O–H groups in total. The van der Waals surface area contributed by atoms with Crippen LogP contribution in [0.1, 0.15) is 60.8 Å². The van der Waals surface area contributed by atoms with Crippen LogP contribution in [0, 0.1) is 17.8 Å². The normalized spacial score (nSPS) is 26.7. The van der Waals surface area contributed by atoms with E-state index in [1.165, 1.54) is 38.9 Å². The average Bonchev–Trinajstić information content (AvgIpc) is 3.06. The zero-order valence-corrected chi connectivity index (χ0v) is 13.6. The van der Waals surface area contributed by atoms with Crippen LogP contribution >= 0.6 is 0 Å². The number of rotatable bonds is 2. The summed E-state index contributed by atoms with van der Waals surface area (Å²) < 4.78 is 0. The van der Waals surface area contributed by atoms with Crippen LogP contribution in [0.4, 0.5) is 0 Å². The second-order valence-electron chi connectivity index (χ2n) is 5.94. The van der Waals surface area contributed by atoms with E-state index < -0.39 is 0 Å². The van der Waals surface area contributed by atoms with Crippen molar-refractivity contribution in [3.05, 3.63) is 0 Å². The highest BCUT2D eigenvalue weighted by atomic mass is 14.9. The van der Waals surface area contributed by atoms with Crippen LogP contribution in [-0.4, -0.2) is 25.7 Å². The van der Waals surface area contributed by atoms with Crippen molar-refractivity contribution in [2.45, 2.75) is 66.8 Å². The SMILES string of the molecule is CC.CC(C)C1CCCN1.CC(C)C1CCNC1. The molecule has 2 aliphatic heterocycles. The molecule has 2 nitrogen and oxygen atoms in total. The predicted octanol–water partition coefficient (Wildman–Crippen LogP) is 3.67. The molecule has 2 aliphatic rings. The lowest BCUT2D eigenvalue weighted by atomic mass is 9.96. The first kappa shape index (κ1) is 17.9. The van der Waals surface area contributed by atoms with Gasteiger partial charge in [0.2, 0.25) is 0 Å². The maximum Gasteiger partial charge on any atom is 0.00905 e. The van der Waals surface area contributed by atoms with Gasteiger partial charge in [-0.25, -0.2) is 0 Å². The Morgan fingerprint density at radius 2 is 1.56 bits per heavy atom. The first-order chi connectivity index (χ1) is 8.61. The Morgan fingerprint density at radius 1 is 0.889 bits per heavy atom. The van der Waals surface area contributed by atoms with E-state index in [4.69, 9.17) is 0 Å². The fourth-order valence-corrected chi connectivity index (χ4v) is 2.53. The summed E-state index contributed by atoms with van der Waals surface area (Å²) in [5, 5.41) is 6.81. The molecule has 0 aliphatic carbocycles. The maximum absolute atomic E-state index is 3.46. The predicted molar refractivity (Wildman–Crippen MR) is 83.0 cm³/mol. The van der Waals surface area contributed by atoms with Gasteiger partial charge in [-0.1, -0.05) is 41.5 Å². The lowest BCUT2D eigenvalue weighted by Crippen LogP contribution is -2.26. The highest BCUT2D eigenvalue weighted by Crippen LogP contribution is 2.16. The zero-order valence-electron chi connectivity index (χ0n) is 13.6. The van der Waals surface area contributed by atoms with Gasteiger partial charge < -0.3 is 10.6 Å². The third-order valence-corrected chi connectivity index (χ3v) is 3.94. The molecule has 0 amide bonds. The Bertz CT molecular complexity index is 146. The molecule has 2 atom stereocenters. The van der Waals surface area contributed by atoms with Gasteiger partial charge in [-0.05, 0) is 56.7 Å². The minimum Gasteiger partial charge on any atom is -0.316 e. The molecule has 0 saturated carbocycles. The van der Waals surface area contributed by atoms with Gasteiger partial charge in [0.1, 0.15) is 0 Å². The summed E-state index contributed by atoms with van der Waals surface area (Å²) in [5.74, 6) is 2.66. The van der Waals surface area contributed by atoms with E-state index in [1.807, 2.05) is 13.8 Å². The van der Waals surface area contributed by atoms with Crippen molar-refractivity contribution in [2.24, 2.45) is 17.8 Å². The summed E-state index contributed by atoms with van der Waals surface area (Å²) in [7, 11) is 0. The second-order valence-corrected chi connectivity index (χ2v) is 5.94. The van der Waals surface area contributed by atoms with Crippen molar-refractivity contribution in [1.82, 2.24) is 10.6 Å². The van der Waals surface area contributed by atoms with Crippen molar-refractivity contribution in [3.8, 4) is 0 Å². The van der Waals surface area contributed by atoms with Gasteiger partial charge in [-0.15, -0.1) is 0 Å². The zero-order chi connectivity index (χ0) is 14.0. The summed E-state index contributed by atoms with van der Waals surface area (Å²) >= 11 is 0. The Morgan fingerprint density at radius 3 is 1.78 bits per heavy atom. The molecule has 18 heavy (non-hydrogen) atoms. The molecular formula is C16H36N2. The van der Waals surface area contributed by atoms with Gasteiger partial charge in [0, 0.05) is 6.04 Å². The molecule has 0 radical (unpaired) electrons. The topological polar surface area (TPSA) is 24.1 Å². The van der Waals surface area contributed by atoms with Gasteiger partial charge in [0.25, 0.3) is 0 Å². The quantitative estimate of drug-likeness (QED) is 0.787. The Hall–Kier alpha value is -0.0800. The van der Waals surface area contributed by atoms with Crippen LogP contribution < -0.4 is 10.6 Å². The molecule has 110 valence electrons. The standard InChI is InChI=1S/2C7H15N.C2H6/c1-6(2)7-3-4-8-5-7;1-6(2)7-4-3-5-8-7;1-2/h2*6-8H,3-5H2,1-2H3;1-2H3. The number of hydrogen-bond acceptors (Lipinski definition) is 2. The van der Waals surface area contributed by atoms with Crippen LogP contribution in [0.25, 0.3) is 0 Å². The van der Waals surface area contributed by atoms with Crippen LogP contribution in [0.5, 0.6) is 0 Å². The molecule has 0 spiro atoms. The monoisotopic (exact) mass is 256 g/mol. The molecule has 2 rings (SSSR count). The van der Waals surface area contributed by atoms with E-state index in [9.17, 15) is 0 Å². The van der Waals surface area contributed by atoms with E-state index in [1.54, 1.807) is 0 Å². The third-order valence-electron chi connectivity index (χ3n) is 3.94. The second kappa shape index (κ2) is 10.8. The van der Waals surface area contributed by atoms with Gasteiger partial charge >= 0.3 is 0 Å². The first-order valence-corrected chi connectivity index (χ1v) is 8.05. The Kier molecular flexibility index (Phi) is 10.8. The fraction of sp³-hybridized carbons (Fsp3) is 1.00. The van der Waals surface area contributed by atoms with Gasteiger partial charge in [0.05, 0.1) is 0 Å². The van der Waals surface area contributed by atoms with Crippen LogP contribution in [0.2, 0.25) is 0 Å². The van der Waals surface area contributed by atoms with Crippen molar-refractivity contribution in [1.29, 1.82) is 0 Å². The molecule has 0 aromatic carbocycles. The molecule has 0 aromatic rings. The minimum absolute atomic E-state index is 0.815. The first-order valence-electron chi connectivity index (χ1n) is 8.05. The highest BCUT2D eigenvalue weighted by molar-refractivity contribution is 4.76. The summed E-state index contributed by atoms with van der Waals surface area (Å²) in [6.07, 6.45) is 4.15. The molecule has 2 fully saturated rings. The Balaban J connectivity index is 0.000000283. The molecule has 2 heteroatoms. The highest BCUT2D eigenvalue weighted by Gasteiger charge is 2.17. The Labute approximate surface area is 115 Å². The van der Waals surface area contributed by atoms with E-state index >= 15 is 0 Å². The van der Waals surface area contributed by atoms with E-state index in [2.05, 4.69) is 38.3 Å². The van der Waals surface area contributed by atoms with Gasteiger partial charge in [0.15, 0.2) is 0 Å². The summed E-state index contributed by atoms with van der Waals surface area (Å²) in [6, 6.07) is 0.815. The molecule has 0 aromatic heterocycles. The van der Waals surface area contributed by atoms with Gasteiger partial charge in [-0.3, -0.25) is 0 Å². The van der Waals surface area contributed by atoms with Crippen molar-refractivity contribution in [2.75, 3.05) is 19.6 Å². The maximum atomic E-state index is 3.46.